The highest BCUT2D eigenvalue weighted by atomic mass is 16.5. The average Bonchev–Trinajstić information content (AvgIpc) is 2.66. The summed E-state index contributed by atoms with van der Waals surface area (Å²) in [6.45, 7) is 0. The zero-order valence-electron chi connectivity index (χ0n) is 8.09. The third-order valence-electron chi connectivity index (χ3n) is 1.95. The van der Waals surface area contributed by atoms with E-state index in [1.165, 1.54) is 6.08 Å². The van der Waals surface area contributed by atoms with Gasteiger partial charge in [-0.15, -0.1) is 0 Å². The van der Waals surface area contributed by atoms with Crippen LogP contribution in [0.2, 0.25) is 0 Å². The molecule has 0 radical (unpaired) electrons. The Bertz CT molecular complexity index is 439. The molecule has 0 aromatic heterocycles. The second-order valence-corrected chi connectivity index (χ2v) is 3.09. The van der Waals surface area contributed by atoms with E-state index >= 15 is 0 Å². The van der Waals surface area contributed by atoms with Crippen LogP contribution >= 0.6 is 0 Å². The van der Waals surface area contributed by atoms with Crippen molar-refractivity contribution in [1.82, 2.24) is 0 Å². The van der Waals surface area contributed by atoms with Crippen molar-refractivity contribution in [2.45, 2.75) is 0 Å². The molecular formula is C13H10O2. The van der Waals surface area contributed by atoms with E-state index in [0.29, 0.717) is 5.76 Å². The summed E-state index contributed by atoms with van der Waals surface area (Å²) in [5, 5.41) is 0. The number of cyclic esters (lactones) is 1. The van der Waals surface area contributed by atoms with Gasteiger partial charge >= 0.3 is 5.97 Å². The SMILES string of the molecule is O=C1C=C/C(=C/C=C/c2ccccc2)O1. The van der Waals surface area contributed by atoms with Crippen LogP contribution in [0.25, 0.3) is 6.08 Å². The molecule has 0 unspecified atom stereocenters. The summed E-state index contributed by atoms with van der Waals surface area (Å²) in [4.78, 5) is 10.7. The molecule has 0 atom stereocenters. The highest BCUT2D eigenvalue weighted by molar-refractivity contribution is 5.86. The van der Waals surface area contributed by atoms with Crippen LogP contribution in [0, 0.1) is 0 Å². The van der Waals surface area contributed by atoms with Crippen molar-refractivity contribution in [2.24, 2.45) is 0 Å². The number of hydrogen-bond donors (Lipinski definition) is 0. The van der Waals surface area contributed by atoms with Gasteiger partial charge in [-0.1, -0.05) is 42.5 Å². The molecular weight excluding hydrogens is 188 g/mol. The second kappa shape index (κ2) is 4.42. The second-order valence-electron chi connectivity index (χ2n) is 3.09. The Labute approximate surface area is 88.2 Å². The van der Waals surface area contributed by atoms with Crippen molar-refractivity contribution in [2.75, 3.05) is 0 Å². The van der Waals surface area contributed by atoms with E-state index in [9.17, 15) is 4.79 Å². The van der Waals surface area contributed by atoms with Crippen molar-refractivity contribution >= 4 is 12.0 Å². The van der Waals surface area contributed by atoms with Gasteiger partial charge in [0, 0.05) is 6.08 Å². The third-order valence-corrected chi connectivity index (χ3v) is 1.95. The Kier molecular flexibility index (Phi) is 2.79. The first-order valence-corrected chi connectivity index (χ1v) is 4.68. The van der Waals surface area contributed by atoms with Crippen LogP contribution in [-0.4, -0.2) is 5.97 Å². The standard InChI is InChI=1S/C13H10O2/c14-13-10-9-12(15-13)8-4-7-11-5-2-1-3-6-11/h1-10H/b7-4+,12-8-. The minimum Gasteiger partial charge on any atom is -0.423 e. The predicted octanol–water partition coefficient (Wildman–Crippen LogP) is 2.70. The molecule has 1 aromatic carbocycles. The minimum atomic E-state index is -0.311. The first kappa shape index (κ1) is 9.46. The molecule has 0 saturated carbocycles. The number of allylic oxidation sites excluding steroid dienone is 3. The summed E-state index contributed by atoms with van der Waals surface area (Å²) in [5.41, 5.74) is 1.11. The molecule has 2 heteroatoms. The van der Waals surface area contributed by atoms with Gasteiger partial charge < -0.3 is 4.74 Å². The quantitative estimate of drug-likeness (QED) is 0.683. The van der Waals surface area contributed by atoms with Gasteiger partial charge in [0.2, 0.25) is 0 Å². The van der Waals surface area contributed by atoms with Gasteiger partial charge in [0.05, 0.1) is 0 Å². The average molecular weight is 198 g/mol. The van der Waals surface area contributed by atoms with Crippen molar-refractivity contribution < 1.29 is 9.53 Å². The van der Waals surface area contributed by atoms with Crippen LogP contribution in [0.3, 0.4) is 0 Å². The Balaban J connectivity index is 2.02. The Morgan fingerprint density at radius 1 is 1.07 bits per heavy atom. The van der Waals surface area contributed by atoms with Gasteiger partial charge in [-0.05, 0) is 17.7 Å². The summed E-state index contributed by atoms with van der Waals surface area (Å²) in [6, 6.07) is 9.93. The summed E-state index contributed by atoms with van der Waals surface area (Å²) in [7, 11) is 0. The van der Waals surface area contributed by atoms with Crippen LogP contribution in [0.4, 0.5) is 0 Å². The minimum absolute atomic E-state index is 0.311. The Hall–Kier alpha value is -2.09. The zero-order chi connectivity index (χ0) is 10.5. The van der Waals surface area contributed by atoms with Crippen LogP contribution in [0.15, 0.2) is 60.4 Å². The van der Waals surface area contributed by atoms with E-state index in [0.717, 1.165) is 5.56 Å². The van der Waals surface area contributed by atoms with Gasteiger partial charge in [0.1, 0.15) is 5.76 Å². The number of rotatable bonds is 2. The number of benzene rings is 1. The van der Waals surface area contributed by atoms with E-state index in [2.05, 4.69) is 0 Å². The molecule has 74 valence electrons. The smallest absolute Gasteiger partial charge is 0.336 e. The van der Waals surface area contributed by atoms with Crippen molar-refractivity contribution in [3.8, 4) is 0 Å². The molecule has 0 fully saturated rings. The molecule has 0 amide bonds. The van der Waals surface area contributed by atoms with Crippen LogP contribution in [-0.2, 0) is 9.53 Å². The monoisotopic (exact) mass is 198 g/mol. The number of carbonyl (C=O) groups is 1. The predicted molar refractivity (Wildman–Crippen MR) is 58.8 cm³/mol. The van der Waals surface area contributed by atoms with Crippen molar-refractivity contribution in [3.05, 3.63) is 66.0 Å². The molecule has 0 spiro atoms. The van der Waals surface area contributed by atoms with E-state index < -0.39 is 0 Å². The van der Waals surface area contributed by atoms with Crippen LogP contribution in [0.1, 0.15) is 5.56 Å². The molecule has 2 rings (SSSR count). The lowest BCUT2D eigenvalue weighted by Gasteiger charge is -1.92. The third kappa shape index (κ3) is 2.68. The molecule has 15 heavy (non-hydrogen) atoms. The highest BCUT2D eigenvalue weighted by Gasteiger charge is 2.06. The van der Waals surface area contributed by atoms with Gasteiger partial charge in [-0.3, -0.25) is 0 Å². The summed E-state index contributed by atoms with van der Waals surface area (Å²) in [6.07, 6.45) is 8.62. The maximum Gasteiger partial charge on any atom is 0.336 e. The first-order chi connectivity index (χ1) is 7.34. The Morgan fingerprint density at radius 3 is 2.53 bits per heavy atom. The molecule has 1 aromatic rings. The fourth-order valence-electron chi connectivity index (χ4n) is 1.24. The van der Waals surface area contributed by atoms with E-state index in [4.69, 9.17) is 4.74 Å². The summed E-state index contributed by atoms with van der Waals surface area (Å²) < 4.78 is 4.86. The van der Waals surface area contributed by atoms with Gasteiger partial charge in [-0.25, -0.2) is 4.79 Å². The van der Waals surface area contributed by atoms with Gasteiger partial charge in [0.25, 0.3) is 0 Å². The van der Waals surface area contributed by atoms with Gasteiger partial charge in [0.15, 0.2) is 0 Å². The number of carbonyl (C=O) groups excluding carboxylic acids is 1. The number of hydrogen-bond acceptors (Lipinski definition) is 2. The van der Waals surface area contributed by atoms with Crippen molar-refractivity contribution in [3.63, 3.8) is 0 Å². The molecule has 1 aliphatic heterocycles. The number of esters is 1. The first-order valence-electron chi connectivity index (χ1n) is 4.68. The molecule has 2 nitrogen and oxygen atoms in total. The molecule has 0 bridgehead atoms. The largest absolute Gasteiger partial charge is 0.423 e. The maximum absolute atomic E-state index is 10.7. The topological polar surface area (TPSA) is 26.3 Å². The summed E-state index contributed by atoms with van der Waals surface area (Å²) >= 11 is 0. The van der Waals surface area contributed by atoms with Crippen LogP contribution < -0.4 is 0 Å². The van der Waals surface area contributed by atoms with Crippen molar-refractivity contribution in [1.29, 1.82) is 0 Å². The highest BCUT2D eigenvalue weighted by Crippen LogP contribution is 2.09. The normalized spacial score (nSPS) is 17.6. The zero-order valence-corrected chi connectivity index (χ0v) is 8.09. The lowest BCUT2D eigenvalue weighted by molar-refractivity contribution is -0.132. The molecule has 0 N–H and O–H groups in total. The molecule has 1 heterocycles. The van der Waals surface area contributed by atoms with Crippen LogP contribution in [0.5, 0.6) is 0 Å². The van der Waals surface area contributed by atoms with Gasteiger partial charge in [-0.2, -0.15) is 0 Å². The molecule has 0 saturated heterocycles. The molecule has 1 aliphatic rings. The fourth-order valence-corrected chi connectivity index (χ4v) is 1.24. The molecule has 0 aliphatic carbocycles. The van der Waals surface area contributed by atoms with E-state index in [1.807, 2.05) is 42.5 Å². The van der Waals surface area contributed by atoms with E-state index in [1.54, 1.807) is 12.2 Å². The lowest BCUT2D eigenvalue weighted by atomic mass is 10.2. The lowest BCUT2D eigenvalue weighted by Crippen LogP contribution is -1.89. The summed E-state index contributed by atoms with van der Waals surface area (Å²) in [5.74, 6) is 0.265. The fraction of sp³-hybridized carbons (Fsp3) is 0. The maximum atomic E-state index is 10.7. The Morgan fingerprint density at radius 2 is 1.87 bits per heavy atom. The van der Waals surface area contributed by atoms with E-state index in [-0.39, 0.29) is 5.97 Å². The number of ether oxygens (including phenoxy) is 1.